The summed E-state index contributed by atoms with van der Waals surface area (Å²) < 4.78 is 63.5. The second kappa shape index (κ2) is 10.7. The molecule has 0 radical (unpaired) electrons. The summed E-state index contributed by atoms with van der Waals surface area (Å²) in [6.07, 6.45) is -10.2. The van der Waals surface area contributed by atoms with Gasteiger partial charge in [0.25, 0.3) is 0 Å². The third-order valence-electron chi connectivity index (χ3n) is 1.84. The molecule has 1 heterocycles. The SMILES string of the molecule is CC#CC1CNCCN1.O=C(O)C(F)(F)F.O=C(O)C(F)(F)F. The molecule has 0 aromatic rings. The minimum absolute atomic E-state index is 0.378. The smallest absolute Gasteiger partial charge is 0.475 e. The lowest BCUT2D eigenvalue weighted by atomic mass is 10.2. The third kappa shape index (κ3) is 14.7. The van der Waals surface area contributed by atoms with Crippen LogP contribution in [0.3, 0.4) is 0 Å². The molecule has 12 heteroatoms. The van der Waals surface area contributed by atoms with Gasteiger partial charge in [0.05, 0.1) is 6.04 Å². The van der Waals surface area contributed by atoms with Gasteiger partial charge in [-0.15, -0.1) is 5.92 Å². The number of aliphatic carboxylic acids is 2. The monoisotopic (exact) mass is 352 g/mol. The molecule has 1 rings (SSSR count). The molecule has 134 valence electrons. The van der Waals surface area contributed by atoms with Crippen LogP contribution in [-0.4, -0.2) is 60.2 Å². The van der Waals surface area contributed by atoms with Crippen LogP contribution in [0.2, 0.25) is 0 Å². The average molecular weight is 352 g/mol. The number of hydrogen-bond acceptors (Lipinski definition) is 4. The molecule has 1 aliphatic heterocycles. The Hall–Kier alpha value is -2.00. The summed E-state index contributed by atoms with van der Waals surface area (Å²) in [6.45, 7) is 4.97. The van der Waals surface area contributed by atoms with Crippen molar-refractivity contribution >= 4 is 11.9 Å². The molecule has 1 aliphatic rings. The molecule has 1 atom stereocenters. The largest absolute Gasteiger partial charge is 0.490 e. The zero-order valence-corrected chi connectivity index (χ0v) is 11.7. The summed E-state index contributed by atoms with van der Waals surface area (Å²) in [4.78, 5) is 17.8. The molecule has 0 bridgehead atoms. The molecule has 1 unspecified atom stereocenters. The van der Waals surface area contributed by atoms with Crippen LogP contribution < -0.4 is 10.6 Å². The van der Waals surface area contributed by atoms with Crippen molar-refractivity contribution in [2.45, 2.75) is 25.3 Å². The zero-order chi connectivity index (χ0) is 18.7. The maximum Gasteiger partial charge on any atom is 0.490 e. The number of carbonyl (C=O) groups is 2. The highest BCUT2D eigenvalue weighted by Crippen LogP contribution is 2.13. The van der Waals surface area contributed by atoms with E-state index in [4.69, 9.17) is 19.8 Å². The lowest BCUT2D eigenvalue weighted by Gasteiger charge is -2.19. The third-order valence-corrected chi connectivity index (χ3v) is 1.84. The maximum absolute atomic E-state index is 10.6. The molecule has 0 aliphatic carbocycles. The fraction of sp³-hybridized carbons (Fsp3) is 0.636. The lowest BCUT2D eigenvalue weighted by Crippen LogP contribution is -2.47. The van der Waals surface area contributed by atoms with Gasteiger partial charge in [0.2, 0.25) is 0 Å². The number of piperazine rings is 1. The summed E-state index contributed by atoms with van der Waals surface area (Å²) >= 11 is 0. The van der Waals surface area contributed by atoms with Crippen LogP contribution in [-0.2, 0) is 9.59 Å². The molecular weight excluding hydrogens is 338 g/mol. The molecule has 0 aromatic heterocycles. The van der Waals surface area contributed by atoms with Gasteiger partial charge in [0.15, 0.2) is 0 Å². The lowest BCUT2D eigenvalue weighted by molar-refractivity contribution is -0.193. The Bertz CT molecular complexity index is 409. The summed E-state index contributed by atoms with van der Waals surface area (Å²) in [5.41, 5.74) is 0. The van der Waals surface area contributed by atoms with Gasteiger partial charge in [0, 0.05) is 19.6 Å². The van der Waals surface area contributed by atoms with E-state index in [1.54, 1.807) is 0 Å². The highest BCUT2D eigenvalue weighted by atomic mass is 19.4. The van der Waals surface area contributed by atoms with Gasteiger partial charge in [-0.3, -0.25) is 0 Å². The van der Waals surface area contributed by atoms with E-state index in [0.29, 0.717) is 6.04 Å². The number of carboxylic acid groups (broad SMARTS) is 2. The standard InChI is InChI=1S/C7H12N2.2C2HF3O2/c1-2-3-7-6-8-4-5-9-7;2*3-2(4,5)1(6)7/h7-9H,4-6H2,1H3;2*(H,6,7). The highest BCUT2D eigenvalue weighted by molar-refractivity contribution is 5.73. The van der Waals surface area contributed by atoms with Crippen LogP contribution in [0, 0.1) is 11.8 Å². The molecule has 1 saturated heterocycles. The first-order valence-electron chi connectivity index (χ1n) is 5.79. The molecule has 4 N–H and O–H groups in total. The van der Waals surface area contributed by atoms with Crippen molar-refractivity contribution in [3.05, 3.63) is 0 Å². The van der Waals surface area contributed by atoms with Gasteiger partial charge in [-0.25, -0.2) is 9.59 Å². The summed E-state index contributed by atoms with van der Waals surface area (Å²) in [5.74, 6) is 0.432. The van der Waals surface area contributed by atoms with Crippen molar-refractivity contribution in [3.63, 3.8) is 0 Å². The van der Waals surface area contributed by atoms with Gasteiger partial charge in [-0.1, -0.05) is 5.92 Å². The Morgan fingerprint density at radius 2 is 1.39 bits per heavy atom. The number of halogens is 6. The van der Waals surface area contributed by atoms with E-state index in [0.717, 1.165) is 19.6 Å². The number of hydrogen-bond donors (Lipinski definition) is 4. The molecular formula is C11H14F6N2O4. The maximum atomic E-state index is 10.6. The first-order chi connectivity index (χ1) is 10.3. The number of nitrogens with one attached hydrogen (secondary N) is 2. The fourth-order valence-electron chi connectivity index (χ4n) is 0.930. The van der Waals surface area contributed by atoms with Crippen LogP contribution in [0.1, 0.15) is 6.92 Å². The van der Waals surface area contributed by atoms with Gasteiger partial charge in [-0.2, -0.15) is 26.3 Å². The summed E-state index contributed by atoms with van der Waals surface area (Å²) in [7, 11) is 0. The van der Waals surface area contributed by atoms with E-state index in [2.05, 4.69) is 22.5 Å². The Morgan fingerprint density at radius 3 is 1.61 bits per heavy atom. The first-order valence-corrected chi connectivity index (χ1v) is 5.79. The first kappa shape index (κ1) is 23.3. The Labute approximate surface area is 126 Å². The average Bonchev–Trinajstić information content (AvgIpc) is 2.39. The molecule has 0 amide bonds. The van der Waals surface area contributed by atoms with Crippen molar-refractivity contribution in [2.75, 3.05) is 19.6 Å². The quantitative estimate of drug-likeness (QED) is 0.381. The predicted octanol–water partition coefficient (Wildman–Crippen LogP) is 0.838. The minimum atomic E-state index is -5.08. The fourth-order valence-corrected chi connectivity index (χ4v) is 0.930. The molecule has 0 aromatic carbocycles. The number of carboxylic acids is 2. The van der Waals surface area contributed by atoms with Crippen molar-refractivity contribution in [1.29, 1.82) is 0 Å². The van der Waals surface area contributed by atoms with Crippen molar-refractivity contribution in [2.24, 2.45) is 0 Å². The second-order valence-electron chi connectivity index (χ2n) is 3.71. The van der Waals surface area contributed by atoms with Crippen molar-refractivity contribution < 1.29 is 46.1 Å². The molecule has 6 nitrogen and oxygen atoms in total. The van der Waals surface area contributed by atoms with Crippen LogP contribution in [0.5, 0.6) is 0 Å². The Morgan fingerprint density at radius 1 is 1.00 bits per heavy atom. The number of rotatable bonds is 0. The summed E-state index contributed by atoms with van der Waals surface area (Å²) in [5, 5.41) is 20.8. The van der Waals surface area contributed by atoms with Gasteiger partial charge < -0.3 is 20.8 Å². The van der Waals surface area contributed by atoms with E-state index in [1.165, 1.54) is 0 Å². The normalized spacial score (nSPS) is 17.3. The predicted molar refractivity (Wildman–Crippen MR) is 65.5 cm³/mol. The minimum Gasteiger partial charge on any atom is -0.475 e. The second-order valence-corrected chi connectivity index (χ2v) is 3.71. The highest BCUT2D eigenvalue weighted by Gasteiger charge is 2.38. The Kier molecular flexibility index (Phi) is 10.8. The topological polar surface area (TPSA) is 98.7 Å². The van der Waals surface area contributed by atoms with E-state index in [-0.39, 0.29) is 0 Å². The van der Waals surface area contributed by atoms with Crippen LogP contribution in [0.15, 0.2) is 0 Å². The zero-order valence-electron chi connectivity index (χ0n) is 11.7. The van der Waals surface area contributed by atoms with Gasteiger partial charge in [0.1, 0.15) is 0 Å². The van der Waals surface area contributed by atoms with Gasteiger partial charge >= 0.3 is 24.3 Å². The van der Waals surface area contributed by atoms with Crippen molar-refractivity contribution in [1.82, 2.24) is 10.6 Å². The molecule has 23 heavy (non-hydrogen) atoms. The molecule has 1 fully saturated rings. The number of alkyl halides is 6. The van der Waals surface area contributed by atoms with E-state index in [9.17, 15) is 26.3 Å². The summed E-state index contributed by atoms with van der Waals surface area (Å²) in [6, 6.07) is 0.378. The molecule has 0 spiro atoms. The molecule has 0 saturated carbocycles. The van der Waals surface area contributed by atoms with E-state index >= 15 is 0 Å². The van der Waals surface area contributed by atoms with Crippen LogP contribution in [0.25, 0.3) is 0 Å². The van der Waals surface area contributed by atoms with Crippen LogP contribution in [0.4, 0.5) is 26.3 Å². The van der Waals surface area contributed by atoms with Crippen molar-refractivity contribution in [3.8, 4) is 11.8 Å². The van der Waals surface area contributed by atoms with E-state index < -0.39 is 24.3 Å². The van der Waals surface area contributed by atoms with E-state index in [1.807, 2.05) is 6.92 Å². The van der Waals surface area contributed by atoms with Crippen LogP contribution >= 0.6 is 0 Å². The Balaban J connectivity index is 0. The van der Waals surface area contributed by atoms with Gasteiger partial charge in [-0.05, 0) is 6.92 Å².